The van der Waals surface area contributed by atoms with Crippen molar-refractivity contribution in [3.8, 4) is 11.8 Å². The molecule has 0 atom stereocenters. The Morgan fingerprint density at radius 3 is 2.77 bits per heavy atom. The van der Waals surface area contributed by atoms with Gasteiger partial charge >= 0.3 is 0 Å². The molecule has 2 aliphatic rings. The number of amides is 1. The number of halogens is 1. The van der Waals surface area contributed by atoms with Crippen molar-refractivity contribution in [2.45, 2.75) is 44.6 Å². The van der Waals surface area contributed by atoms with Gasteiger partial charge in [0.25, 0.3) is 5.91 Å². The van der Waals surface area contributed by atoms with E-state index >= 15 is 0 Å². The van der Waals surface area contributed by atoms with Crippen LogP contribution < -0.4 is 9.64 Å². The van der Waals surface area contributed by atoms with Crippen molar-refractivity contribution in [2.75, 3.05) is 31.6 Å². The van der Waals surface area contributed by atoms with Crippen molar-refractivity contribution in [3.05, 3.63) is 48.2 Å². The molecule has 1 aliphatic heterocycles. The highest BCUT2D eigenvalue weighted by molar-refractivity contribution is 5.87. The average Bonchev–Trinajstić information content (AvgIpc) is 3.37. The Hall–Kier alpha value is -3.67. The van der Waals surface area contributed by atoms with Crippen LogP contribution in [0.3, 0.4) is 0 Å². The topological polar surface area (TPSA) is 98.1 Å². The number of benzene rings is 1. The molecular formula is C26H29FN6O2. The molecule has 8 nitrogen and oxygen atoms in total. The molecule has 1 N–H and O–H groups in total. The van der Waals surface area contributed by atoms with Crippen LogP contribution in [0.25, 0.3) is 11.0 Å². The fourth-order valence-electron chi connectivity index (χ4n) is 5.59. The Balaban J connectivity index is 1.12. The Morgan fingerprint density at radius 1 is 1.26 bits per heavy atom. The van der Waals surface area contributed by atoms with E-state index < -0.39 is 5.82 Å². The molecule has 2 aromatic heterocycles. The minimum absolute atomic E-state index is 0.102. The van der Waals surface area contributed by atoms with Crippen LogP contribution in [0.4, 0.5) is 10.2 Å². The predicted molar refractivity (Wildman–Crippen MR) is 129 cm³/mol. The van der Waals surface area contributed by atoms with E-state index in [9.17, 15) is 9.18 Å². The molecular weight excluding hydrogens is 447 g/mol. The molecule has 182 valence electrons. The predicted octanol–water partition coefficient (Wildman–Crippen LogP) is 4.04. The summed E-state index contributed by atoms with van der Waals surface area (Å²) < 4.78 is 19.1. The highest BCUT2D eigenvalue weighted by Crippen LogP contribution is 2.46. The number of rotatable bonds is 5. The van der Waals surface area contributed by atoms with E-state index in [2.05, 4.69) is 26.9 Å². The van der Waals surface area contributed by atoms with E-state index in [0.717, 1.165) is 61.4 Å². The summed E-state index contributed by atoms with van der Waals surface area (Å²) in [6.45, 7) is 1.27. The molecule has 1 spiro atoms. The molecule has 0 radical (unpaired) electrons. The van der Waals surface area contributed by atoms with E-state index in [-0.39, 0.29) is 29.2 Å². The summed E-state index contributed by atoms with van der Waals surface area (Å²) >= 11 is 0. The molecule has 9 heteroatoms. The minimum atomic E-state index is -0.551. The maximum absolute atomic E-state index is 13.6. The first kappa shape index (κ1) is 23.1. The highest BCUT2D eigenvalue weighted by Gasteiger charge is 2.40. The number of hydrogen-bond donors (Lipinski definition) is 1. The van der Waals surface area contributed by atoms with Crippen molar-refractivity contribution in [3.63, 3.8) is 0 Å². The van der Waals surface area contributed by atoms with Gasteiger partial charge in [-0.05, 0) is 62.1 Å². The summed E-state index contributed by atoms with van der Waals surface area (Å²) in [5.41, 5.74) is 1.32. The van der Waals surface area contributed by atoms with Crippen molar-refractivity contribution < 1.29 is 13.9 Å². The van der Waals surface area contributed by atoms with E-state index in [1.165, 1.54) is 12.1 Å². The van der Waals surface area contributed by atoms with Gasteiger partial charge in [0, 0.05) is 38.4 Å². The van der Waals surface area contributed by atoms with Crippen LogP contribution in [0.15, 0.2) is 36.8 Å². The van der Waals surface area contributed by atoms with Crippen LogP contribution in [0.2, 0.25) is 0 Å². The summed E-state index contributed by atoms with van der Waals surface area (Å²) in [7, 11) is 2.12. The Kier molecular flexibility index (Phi) is 6.29. The van der Waals surface area contributed by atoms with Crippen molar-refractivity contribution in [2.24, 2.45) is 5.41 Å². The van der Waals surface area contributed by atoms with Crippen LogP contribution in [-0.2, 0) is 4.79 Å². The number of anilines is 1. The number of H-pyrrole nitrogens is 1. The Morgan fingerprint density at radius 2 is 2.03 bits per heavy atom. The lowest BCUT2D eigenvalue weighted by molar-refractivity contribution is -0.136. The number of hydrogen-bond acceptors (Lipinski definition) is 6. The number of piperidine rings is 1. The lowest BCUT2D eigenvalue weighted by atomic mass is 9.66. The normalized spacial score (nSPS) is 17.9. The van der Waals surface area contributed by atoms with Gasteiger partial charge in [-0.25, -0.2) is 14.4 Å². The minimum Gasteiger partial charge on any atom is -0.484 e. The highest BCUT2D eigenvalue weighted by atomic mass is 19.1. The largest absolute Gasteiger partial charge is 0.484 e. The third kappa shape index (κ3) is 4.78. The van der Waals surface area contributed by atoms with Gasteiger partial charge in [0.05, 0.1) is 17.0 Å². The van der Waals surface area contributed by atoms with Crippen LogP contribution in [-0.4, -0.2) is 58.5 Å². The fourth-order valence-corrected chi connectivity index (χ4v) is 5.59. The van der Waals surface area contributed by atoms with E-state index in [1.54, 1.807) is 6.33 Å². The number of nitrogens with one attached hydrogen (secondary N) is 1. The first-order chi connectivity index (χ1) is 17.0. The van der Waals surface area contributed by atoms with Gasteiger partial charge < -0.3 is 19.5 Å². The van der Waals surface area contributed by atoms with Gasteiger partial charge in [-0.1, -0.05) is 0 Å². The van der Waals surface area contributed by atoms with Crippen molar-refractivity contribution in [1.29, 1.82) is 5.26 Å². The first-order valence-corrected chi connectivity index (χ1v) is 12.1. The SMILES string of the molecule is CN(c1ncnc2[nH]ccc12)C1CCC2(CC1)CCN(C(=O)COc1cc(F)cc(C#N)c1)CC2. The molecule has 3 heterocycles. The van der Waals surface area contributed by atoms with Crippen LogP contribution in [0, 0.1) is 22.6 Å². The smallest absolute Gasteiger partial charge is 0.260 e. The van der Waals surface area contributed by atoms with Crippen molar-refractivity contribution in [1.82, 2.24) is 19.9 Å². The fraction of sp³-hybridized carbons (Fsp3) is 0.462. The molecule has 0 bridgehead atoms. The standard InChI is InChI=1S/C26H29FN6O2/c1-32(25-22-4-9-29-24(22)30-17-31-25)20-2-5-26(6-3-20)7-10-33(11-8-26)23(34)16-35-21-13-18(15-28)12-19(27)14-21/h4,9,12-14,17,20H,2-3,5-8,10-11,16H2,1H3,(H,29,30,31). The second-order valence-electron chi connectivity index (χ2n) is 9.74. The van der Waals surface area contributed by atoms with Crippen LogP contribution in [0.1, 0.15) is 44.1 Å². The Bertz CT molecular complexity index is 1250. The second-order valence-corrected chi connectivity index (χ2v) is 9.74. The van der Waals surface area contributed by atoms with E-state index in [0.29, 0.717) is 19.1 Å². The van der Waals surface area contributed by atoms with Crippen LogP contribution >= 0.6 is 0 Å². The van der Waals surface area contributed by atoms with Gasteiger partial charge in [0.15, 0.2) is 6.61 Å². The quantitative estimate of drug-likeness (QED) is 0.597. The second kappa shape index (κ2) is 9.53. The maximum Gasteiger partial charge on any atom is 0.260 e. The van der Waals surface area contributed by atoms with Gasteiger partial charge in [-0.15, -0.1) is 0 Å². The van der Waals surface area contributed by atoms with Crippen LogP contribution in [0.5, 0.6) is 5.75 Å². The molecule has 1 amide bonds. The molecule has 1 saturated carbocycles. The molecule has 1 aromatic carbocycles. The number of nitriles is 1. The number of ether oxygens (including phenoxy) is 1. The molecule has 3 aromatic rings. The first-order valence-electron chi connectivity index (χ1n) is 12.1. The number of fused-ring (bicyclic) bond motifs is 1. The molecule has 5 rings (SSSR count). The van der Waals surface area contributed by atoms with Gasteiger partial charge in [0.1, 0.15) is 29.4 Å². The summed E-state index contributed by atoms with van der Waals surface area (Å²) in [6.07, 6.45) is 9.97. The number of aromatic amines is 1. The number of carbonyl (C=O) groups is 1. The summed E-state index contributed by atoms with van der Waals surface area (Å²) in [5, 5.41) is 10.0. The number of aromatic nitrogens is 3. The zero-order valence-corrected chi connectivity index (χ0v) is 19.8. The third-order valence-corrected chi connectivity index (χ3v) is 7.77. The molecule has 2 fully saturated rings. The lowest BCUT2D eigenvalue weighted by Crippen LogP contribution is -2.47. The Labute approximate surface area is 203 Å². The van der Waals surface area contributed by atoms with Crippen molar-refractivity contribution >= 4 is 22.8 Å². The molecule has 0 unspecified atom stereocenters. The maximum atomic E-state index is 13.6. The van der Waals surface area contributed by atoms with E-state index in [4.69, 9.17) is 10.00 Å². The summed E-state index contributed by atoms with van der Waals surface area (Å²) in [4.78, 5) is 28.8. The summed E-state index contributed by atoms with van der Waals surface area (Å²) in [6, 6.07) is 8.13. The van der Waals surface area contributed by atoms with Gasteiger partial charge in [-0.3, -0.25) is 4.79 Å². The number of carbonyl (C=O) groups excluding carboxylic acids is 1. The molecule has 1 saturated heterocycles. The summed E-state index contributed by atoms with van der Waals surface area (Å²) in [5.74, 6) is 0.518. The molecule has 1 aliphatic carbocycles. The van der Waals surface area contributed by atoms with Gasteiger partial charge in [0.2, 0.25) is 0 Å². The third-order valence-electron chi connectivity index (χ3n) is 7.77. The molecule has 35 heavy (non-hydrogen) atoms. The zero-order valence-electron chi connectivity index (χ0n) is 19.8. The number of likely N-dealkylation sites (tertiary alicyclic amines) is 1. The average molecular weight is 477 g/mol. The van der Waals surface area contributed by atoms with Gasteiger partial charge in [-0.2, -0.15) is 5.26 Å². The lowest BCUT2D eigenvalue weighted by Gasteiger charge is -2.47. The monoisotopic (exact) mass is 476 g/mol. The zero-order chi connectivity index (χ0) is 24.4. The van der Waals surface area contributed by atoms with E-state index in [1.807, 2.05) is 23.2 Å². The number of nitrogens with zero attached hydrogens (tertiary/aromatic N) is 5.